The monoisotopic (exact) mass is 269 g/mol. The van der Waals surface area contributed by atoms with Gasteiger partial charge < -0.3 is 19.8 Å². The van der Waals surface area contributed by atoms with E-state index >= 15 is 0 Å². The van der Waals surface area contributed by atoms with E-state index in [9.17, 15) is 14.4 Å². The summed E-state index contributed by atoms with van der Waals surface area (Å²) >= 11 is 0. The average molecular weight is 269 g/mol. The summed E-state index contributed by atoms with van der Waals surface area (Å²) in [5.41, 5.74) is -0.130. The summed E-state index contributed by atoms with van der Waals surface area (Å²) in [4.78, 5) is 35.3. The average Bonchev–Trinajstić information content (AvgIpc) is 2.86. The number of rotatable bonds is 6. The highest BCUT2D eigenvalue weighted by Gasteiger charge is 2.22. The maximum Gasteiger partial charge on any atom is 0.374 e. The lowest BCUT2D eigenvalue weighted by Gasteiger charge is -2.19. The Kier molecular flexibility index (Phi) is 5.04. The number of hydrogen-bond acceptors (Lipinski definition) is 5. The summed E-state index contributed by atoms with van der Waals surface area (Å²) in [6.07, 6.45) is 0.659. The zero-order valence-corrected chi connectivity index (χ0v) is 10.7. The number of nitrogens with one attached hydrogen (secondary N) is 1. The van der Waals surface area contributed by atoms with Crippen LogP contribution in [0.4, 0.5) is 0 Å². The van der Waals surface area contributed by atoms with Gasteiger partial charge in [-0.2, -0.15) is 0 Å². The molecule has 0 aliphatic carbocycles. The predicted molar refractivity (Wildman–Crippen MR) is 63.7 cm³/mol. The maximum atomic E-state index is 12.1. The molecule has 2 N–H and O–H groups in total. The second kappa shape index (κ2) is 6.53. The lowest BCUT2D eigenvalue weighted by Crippen LogP contribution is -2.40. The number of hydrogen-bond donors (Lipinski definition) is 2. The molecule has 0 saturated heterocycles. The Hall–Kier alpha value is -2.38. The Balaban J connectivity index is 2.85. The molecule has 8 heteroatoms. The SMILES string of the molecule is CCCN(CC(=O)NC)C(=O)c1cc(C(=O)O)on1. The van der Waals surface area contributed by atoms with Crippen LogP contribution in [0.2, 0.25) is 0 Å². The summed E-state index contributed by atoms with van der Waals surface area (Å²) in [5.74, 6) is -2.58. The maximum absolute atomic E-state index is 12.1. The molecule has 0 bridgehead atoms. The molecule has 0 unspecified atom stereocenters. The Morgan fingerprint density at radius 2 is 2.16 bits per heavy atom. The van der Waals surface area contributed by atoms with Gasteiger partial charge >= 0.3 is 5.97 Å². The fourth-order valence-corrected chi connectivity index (χ4v) is 1.41. The smallest absolute Gasteiger partial charge is 0.374 e. The number of likely N-dealkylation sites (N-methyl/N-ethyl adjacent to an activating group) is 1. The third kappa shape index (κ3) is 3.80. The molecule has 8 nitrogen and oxygen atoms in total. The van der Waals surface area contributed by atoms with E-state index in [1.165, 1.54) is 11.9 Å². The molecule has 0 saturated carbocycles. The molecular weight excluding hydrogens is 254 g/mol. The number of carbonyl (C=O) groups is 3. The Morgan fingerprint density at radius 1 is 1.47 bits per heavy atom. The first-order valence-corrected chi connectivity index (χ1v) is 5.69. The predicted octanol–water partition coefficient (Wildman–Crippen LogP) is -0.0290. The number of carboxylic acid groups (broad SMARTS) is 1. The molecule has 1 heterocycles. The summed E-state index contributed by atoms with van der Waals surface area (Å²) < 4.78 is 4.51. The van der Waals surface area contributed by atoms with Crippen LogP contribution in [0.1, 0.15) is 34.4 Å². The van der Waals surface area contributed by atoms with Crippen LogP contribution in [0, 0.1) is 0 Å². The van der Waals surface area contributed by atoms with E-state index in [2.05, 4.69) is 15.0 Å². The van der Waals surface area contributed by atoms with Gasteiger partial charge in [-0.05, 0) is 6.42 Å². The standard InChI is InChI=1S/C11H15N3O5/c1-3-4-14(6-9(15)12-2)10(16)7-5-8(11(17)18)19-13-7/h5H,3-4,6H2,1-2H3,(H,12,15)(H,17,18). The number of carboxylic acids is 1. The van der Waals surface area contributed by atoms with Crippen molar-refractivity contribution < 1.29 is 24.0 Å². The lowest BCUT2D eigenvalue weighted by molar-refractivity contribution is -0.121. The van der Waals surface area contributed by atoms with Crippen LogP contribution < -0.4 is 5.32 Å². The minimum Gasteiger partial charge on any atom is -0.475 e. The van der Waals surface area contributed by atoms with E-state index in [4.69, 9.17) is 5.11 Å². The van der Waals surface area contributed by atoms with Crippen molar-refractivity contribution in [3.63, 3.8) is 0 Å². The fourth-order valence-electron chi connectivity index (χ4n) is 1.41. The molecule has 1 aromatic heterocycles. The fraction of sp³-hybridized carbons (Fsp3) is 0.455. The van der Waals surface area contributed by atoms with Crippen LogP contribution >= 0.6 is 0 Å². The highest BCUT2D eigenvalue weighted by atomic mass is 16.5. The number of aromatic carboxylic acids is 1. The molecule has 0 aromatic carbocycles. The number of amides is 2. The van der Waals surface area contributed by atoms with Gasteiger partial charge in [-0.1, -0.05) is 12.1 Å². The molecule has 0 aliphatic rings. The first-order valence-electron chi connectivity index (χ1n) is 5.69. The van der Waals surface area contributed by atoms with Gasteiger partial charge in [-0.25, -0.2) is 4.79 Å². The highest BCUT2D eigenvalue weighted by molar-refractivity contribution is 5.96. The molecule has 0 radical (unpaired) electrons. The van der Waals surface area contributed by atoms with Gasteiger partial charge in [0.15, 0.2) is 5.69 Å². The molecule has 19 heavy (non-hydrogen) atoms. The van der Waals surface area contributed by atoms with Crippen molar-refractivity contribution in [2.75, 3.05) is 20.1 Å². The largest absolute Gasteiger partial charge is 0.475 e. The van der Waals surface area contributed by atoms with Gasteiger partial charge in [0.2, 0.25) is 11.7 Å². The van der Waals surface area contributed by atoms with E-state index in [1.54, 1.807) is 0 Å². The van der Waals surface area contributed by atoms with Crippen LogP contribution in [0.3, 0.4) is 0 Å². The first-order chi connectivity index (χ1) is 8.99. The lowest BCUT2D eigenvalue weighted by atomic mass is 10.3. The van der Waals surface area contributed by atoms with Crippen molar-refractivity contribution in [1.82, 2.24) is 15.4 Å². The van der Waals surface area contributed by atoms with E-state index in [0.29, 0.717) is 13.0 Å². The molecule has 0 spiro atoms. The quantitative estimate of drug-likeness (QED) is 0.749. The molecule has 0 fully saturated rings. The van der Waals surface area contributed by atoms with Crippen molar-refractivity contribution in [3.05, 3.63) is 17.5 Å². The molecule has 2 amide bonds. The van der Waals surface area contributed by atoms with Gasteiger partial charge in [-0.15, -0.1) is 0 Å². The van der Waals surface area contributed by atoms with Gasteiger partial charge in [0.05, 0.1) is 6.54 Å². The third-order valence-corrected chi connectivity index (χ3v) is 2.33. The number of aromatic nitrogens is 1. The molecule has 1 rings (SSSR count). The van der Waals surface area contributed by atoms with Crippen LogP contribution in [-0.2, 0) is 4.79 Å². The van der Waals surface area contributed by atoms with Crippen molar-refractivity contribution in [3.8, 4) is 0 Å². The van der Waals surface area contributed by atoms with E-state index in [-0.39, 0.29) is 18.1 Å². The zero-order chi connectivity index (χ0) is 14.4. The summed E-state index contributed by atoms with van der Waals surface area (Å²) in [7, 11) is 1.47. The number of nitrogens with zero attached hydrogens (tertiary/aromatic N) is 2. The topological polar surface area (TPSA) is 113 Å². The first kappa shape index (κ1) is 14.7. The van der Waals surface area contributed by atoms with Crippen molar-refractivity contribution in [2.45, 2.75) is 13.3 Å². The summed E-state index contributed by atoms with van der Waals surface area (Å²) in [5, 5.41) is 14.5. The van der Waals surface area contributed by atoms with Crippen molar-refractivity contribution in [1.29, 1.82) is 0 Å². The van der Waals surface area contributed by atoms with Gasteiger partial charge in [0, 0.05) is 19.7 Å². The van der Waals surface area contributed by atoms with Crippen molar-refractivity contribution >= 4 is 17.8 Å². The van der Waals surface area contributed by atoms with Gasteiger partial charge in [0.1, 0.15) is 0 Å². The molecule has 1 aromatic rings. The van der Waals surface area contributed by atoms with Crippen LogP contribution in [-0.4, -0.2) is 53.1 Å². The normalized spacial score (nSPS) is 10.0. The summed E-state index contributed by atoms with van der Waals surface area (Å²) in [6.45, 7) is 2.11. The molecule has 104 valence electrons. The third-order valence-electron chi connectivity index (χ3n) is 2.33. The minimum absolute atomic E-state index is 0.113. The highest BCUT2D eigenvalue weighted by Crippen LogP contribution is 2.07. The Labute approximate surface area is 109 Å². The zero-order valence-electron chi connectivity index (χ0n) is 10.7. The Bertz CT molecular complexity index is 482. The second-order valence-corrected chi connectivity index (χ2v) is 3.78. The molecule has 0 aliphatic heterocycles. The van der Waals surface area contributed by atoms with Crippen LogP contribution in [0.15, 0.2) is 10.6 Å². The second-order valence-electron chi connectivity index (χ2n) is 3.78. The van der Waals surface area contributed by atoms with E-state index < -0.39 is 17.6 Å². The van der Waals surface area contributed by atoms with Crippen LogP contribution in [0.5, 0.6) is 0 Å². The molecular formula is C11H15N3O5. The minimum atomic E-state index is -1.31. The number of carbonyl (C=O) groups excluding carboxylic acids is 2. The van der Waals surface area contributed by atoms with Crippen LogP contribution in [0.25, 0.3) is 0 Å². The van der Waals surface area contributed by atoms with E-state index in [1.807, 2.05) is 6.92 Å². The van der Waals surface area contributed by atoms with Gasteiger partial charge in [0.25, 0.3) is 5.91 Å². The van der Waals surface area contributed by atoms with Crippen molar-refractivity contribution in [2.24, 2.45) is 0 Å². The van der Waals surface area contributed by atoms with E-state index in [0.717, 1.165) is 6.07 Å². The van der Waals surface area contributed by atoms with Gasteiger partial charge in [-0.3, -0.25) is 9.59 Å². The Morgan fingerprint density at radius 3 is 2.63 bits per heavy atom. The summed E-state index contributed by atoms with van der Waals surface area (Å²) in [6, 6.07) is 1.04. The molecule has 0 atom stereocenters.